The maximum atomic E-state index is 12.1. The third kappa shape index (κ3) is 8.45. The number of aliphatic carboxylic acids is 1. The first-order valence-electron chi connectivity index (χ1n) is 12.0. The lowest BCUT2D eigenvalue weighted by Gasteiger charge is -2.18. The van der Waals surface area contributed by atoms with Gasteiger partial charge in [0.15, 0.2) is 0 Å². The average molecular weight is 495 g/mol. The molecule has 3 aromatic rings. The average Bonchev–Trinajstić information content (AvgIpc) is 3.21. The molecule has 0 aliphatic carbocycles. The number of ether oxygens (including phenoxy) is 2. The molecule has 0 aliphatic rings. The Morgan fingerprint density at radius 2 is 1.81 bits per heavy atom. The van der Waals surface area contributed by atoms with Crippen LogP contribution in [-0.2, 0) is 28.9 Å². The van der Waals surface area contributed by atoms with Gasteiger partial charge < -0.3 is 24.3 Å². The summed E-state index contributed by atoms with van der Waals surface area (Å²) >= 11 is 0. The minimum absolute atomic E-state index is 0.00312. The molecular weight excluding hydrogens is 460 g/mol. The van der Waals surface area contributed by atoms with Crippen molar-refractivity contribution in [1.82, 2.24) is 10.3 Å². The smallest absolute Gasteiger partial charge is 0.407 e. The van der Waals surface area contributed by atoms with E-state index in [-0.39, 0.29) is 18.4 Å². The van der Waals surface area contributed by atoms with Gasteiger partial charge in [0, 0.05) is 24.9 Å². The summed E-state index contributed by atoms with van der Waals surface area (Å²) in [4.78, 5) is 27.8. The highest BCUT2D eigenvalue weighted by molar-refractivity contribution is 5.68. The van der Waals surface area contributed by atoms with Gasteiger partial charge in [-0.25, -0.2) is 9.78 Å². The third-order valence-electron chi connectivity index (χ3n) is 5.37. The van der Waals surface area contributed by atoms with Gasteiger partial charge in [-0.05, 0) is 54.2 Å². The number of carboxylic acids is 1. The highest BCUT2D eigenvalue weighted by Crippen LogP contribution is 2.23. The molecule has 2 N–H and O–H groups in total. The summed E-state index contributed by atoms with van der Waals surface area (Å²) in [6.45, 7) is 8.71. The third-order valence-corrected chi connectivity index (χ3v) is 5.37. The summed E-state index contributed by atoms with van der Waals surface area (Å²) in [5, 5.41) is 11.8. The number of hydrogen-bond acceptors (Lipinski definition) is 6. The van der Waals surface area contributed by atoms with Crippen molar-refractivity contribution in [2.45, 2.75) is 53.5 Å². The number of oxazole rings is 1. The minimum Gasteiger partial charge on any atom is -0.493 e. The minimum atomic E-state index is -0.878. The van der Waals surface area contributed by atoms with Gasteiger partial charge in [0.25, 0.3) is 0 Å². The van der Waals surface area contributed by atoms with E-state index in [1.165, 1.54) is 0 Å². The van der Waals surface area contributed by atoms with E-state index in [9.17, 15) is 9.59 Å². The summed E-state index contributed by atoms with van der Waals surface area (Å²) in [5.74, 6) is 1.08. The number of benzene rings is 2. The standard InChI is InChI=1S/C28H34N2O6/c1-19-24(30-26(36-19)21-8-6-5-7-9-21)14-15-34-23-12-10-20(11-13-25(31)32)22(16-23)17-29-27(33)35-18-28(2,3)4/h5-10,12,16H,11,13-15,17-18H2,1-4H3,(H,29,33)(H,31,32). The zero-order chi connectivity index (χ0) is 26.1. The number of nitrogens with zero attached hydrogens (tertiary/aromatic N) is 1. The van der Waals surface area contributed by atoms with Crippen molar-refractivity contribution < 1.29 is 28.6 Å². The van der Waals surface area contributed by atoms with E-state index >= 15 is 0 Å². The molecule has 36 heavy (non-hydrogen) atoms. The van der Waals surface area contributed by atoms with Gasteiger partial charge in [-0.1, -0.05) is 45.0 Å². The Labute approximate surface area is 211 Å². The van der Waals surface area contributed by atoms with Crippen LogP contribution in [0, 0.1) is 12.3 Å². The summed E-state index contributed by atoms with van der Waals surface area (Å²) < 4.78 is 17.0. The van der Waals surface area contributed by atoms with Crippen LogP contribution in [0.1, 0.15) is 49.8 Å². The van der Waals surface area contributed by atoms with Crippen LogP contribution in [0.25, 0.3) is 11.5 Å². The van der Waals surface area contributed by atoms with Crippen LogP contribution in [0.3, 0.4) is 0 Å². The van der Waals surface area contributed by atoms with E-state index in [0.29, 0.717) is 37.7 Å². The molecule has 0 spiro atoms. The fourth-order valence-corrected chi connectivity index (χ4v) is 3.47. The maximum Gasteiger partial charge on any atom is 0.407 e. The highest BCUT2D eigenvalue weighted by Gasteiger charge is 2.15. The first-order chi connectivity index (χ1) is 17.1. The molecular formula is C28H34N2O6. The molecule has 0 fully saturated rings. The van der Waals surface area contributed by atoms with Crippen molar-refractivity contribution in [2.24, 2.45) is 5.41 Å². The number of carbonyl (C=O) groups excluding carboxylic acids is 1. The van der Waals surface area contributed by atoms with Gasteiger partial charge in [0.1, 0.15) is 11.5 Å². The van der Waals surface area contributed by atoms with Gasteiger partial charge in [0.05, 0.1) is 18.9 Å². The van der Waals surface area contributed by atoms with Gasteiger partial charge in [0.2, 0.25) is 5.89 Å². The monoisotopic (exact) mass is 494 g/mol. The molecule has 8 heteroatoms. The zero-order valence-electron chi connectivity index (χ0n) is 21.3. The number of aryl methyl sites for hydroxylation is 2. The number of carboxylic acid groups (broad SMARTS) is 1. The predicted octanol–water partition coefficient (Wildman–Crippen LogP) is 5.56. The van der Waals surface area contributed by atoms with Crippen molar-refractivity contribution in [1.29, 1.82) is 0 Å². The van der Waals surface area contributed by atoms with Crippen molar-refractivity contribution in [3.63, 3.8) is 0 Å². The van der Waals surface area contributed by atoms with Crippen molar-refractivity contribution in [3.05, 3.63) is 71.1 Å². The Bertz CT molecular complexity index is 1160. The number of nitrogens with one attached hydrogen (secondary N) is 1. The molecule has 0 unspecified atom stereocenters. The molecule has 192 valence electrons. The molecule has 8 nitrogen and oxygen atoms in total. The van der Waals surface area contributed by atoms with E-state index < -0.39 is 12.1 Å². The van der Waals surface area contributed by atoms with E-state index in [4.69, 9.17) is 19.0 Å². The van der Waals surface area contributed by atoms with Crippen LogP contribution >= 0.6 is 0 Å². The molecule has 1 amide bonds. The lowest BCUT2D eigenvalue weighted by molar-refractivity contribution is -0.136. The number of carbonyl (C=O) groups is 2. The Kier molecular flexibility index (Phi) is 9.11. The van der Waals surface area contributed by atoms with Crippen LogP contribution in [0.2, 0.25) is 0 Å². The normalized spacial score (nSPS) is 11.2. The molecule has 0 aliphatic heterocycles. The van der Waals surface area contributed by atoms with Gasteiger partial charge in [-0.3, -0.25) is 4.79 Å². The largest absolute Gasteiger partial charge is 0.493 e. The van der Waals surface area contributed by atoms with Crippen molar-refractivity contribution in [2.75, 3.05) is 13.2 Å². The van der Waals surface area contributed by atoms with Crippen LogP contribution in [-0.4, -0.2) is 35.4 Å². The quantitative estimate of drug-likeness (QED) is 0.359. The molecule has 3 rings (SSSR count). The summed E-state index contributed by atoms with van der Waals surface area (Å²) in [6.07, 6.45) is 0.396. The summed E-state index contributed by atoms with van der Waals surface area (Å²) in [6, 6.07) is 15.2. The van der Waals surface area contributed by atoms with E-state index in [1.807, 2.05) is 76.2 Å². The second kappa shape index (κ2) is 12.2. The van der Waals surface area contributed by atoms with Gasteiger partial charge >= 0.3 is 12.1 Å². The molecule has 2 aromatic carbocycles. The molecule has 0 saturated heterocycles. The topological polar surface area (TPSA) is 111 Å². The summed E-state index contributed by atoms with van der Waals surface area (Å²) in [5.41, 5.74) is 3.23. The number of aromatic nitrogens is 1. The Morgan fingerprint density at radius 1 is 1.06 bits per heavy atom. The first kappa shape index (κ1) is 26.8. The van der Waals surface area contributed by atoms with Crippen LogP contribution in [0.5, 0.6) is 5.75 Å². The van der Waals surface area contributed by atoms with Crippen molar-refractivity contribution >= 4 is 12.1 Å². The van der Waals surface area contributed by atoms with Crippen LogP contribution in [0.15, 0.2) is 52.9 Å². The second-order valence-corrected chi connectivity index (χ2v) is 9.80. The van der Waals surface area contributed by atoms with E-state index in [1.54, 1.807) is 0 Å². The lowest BCUT2D eigenvalue weighted by atomic mass is 9.99. The Balaban J connectivity index is 1.62. The first-order valence-corrected chi connectivity index (χ1v) is 12.0. The Hall–Kier alpha value is -3.81. The Morgan fingerprint density at radius 3 is 2.50 bits per heavy atom. The molecule has 0 atom stereocenters. The van der Waals surface area contributed by atoms with E-state index in [0.717, 1.165) is 28.1 Å². The van der Waals surface area contributed by atoms with Gasteiger partial charge in [-0.15, -0.1) is 0 Å². The zero-order valence-corrected chi connectivity index (χ0v) is 21.3. The number of amides is 1. The summed E-state index contributed by atoms with van der Waals surface area (Å²) in [7, 11) is 0. The highest BCUT2D eigenvalue weighted by atomic mass is 16.5. The van der Waals surface area contributed by atoms with Crippen LogP contribution < -0.4 is 10.1 Å². The number of alkyl carbamates (subject to hydrolysis) is 1. The van der Waals surface area contributed by atoms with Crippen LogP contribution in [0.4, 0.5) is 4.79 Å². The maximum absolute atomic E-state index is 12.1. The van der Waals surface area contributed by atoms with Crippen molar-refractivity contribution in [3.8, 4) is 17.2 Å². The molecule has 0 radical (unpaired) electrons. The fourth-order valence-electron chi connectivity index (χ4n) is 3.47. The number of rotatable bonds is 11. The van der Waals surface area contributed by atoms with Gasteiger partial charge in [-0.2, -0.15) is 0 Å². The molecule has 0 bridgehead atoms. The molecule has 0 saturated carbocycles. The SMILES string of the molecule is Cc1oc(-c2ccccc2)nc1CCOc1ccc(CCC(=O)O)c(CNC(=O)OCC(C)(C)C)c1. The molecule has 1 aromatic heterocycles. The lowest BCUT2D eigenvalue weighted by Crippen LogP contribution is -2.28. The van der Waals surface area contributed by atoms with E-state index in [2.05, 4.69) is 10.3 Å². The fraction of sp³-hybridized carbons (Fsp3) is 0.393. The second-order valence-electron chi connectivity index (χ2n) is 9.80. The predicted molar refractivity (Wildman–Crippen MR) is 136 cm³/mol. The number of hydrogen-bond donors (Lipinski definition) is 2. The molecule has 1 heterocycles.